The van der Waals surface area contributed by atoms with Gasteiger partial charge in [0.05, 0.1) is 19.4 Å². The summed E-state index contributed by atoms with van der Waals surface area (Å²) in [7, 11) is 0. The molecule has 0 atom stereocenters. The fourth-order valence-electron chi connectivity index (χ4n) is 3.84. The van der Waals surface area contributed by atoms with Crippen molar-refractivity contribution in [2.75, 3.05) is 13.2 Å². The summed E-state index contributed by atoms with van der Waals surface area (Å²) in [6.45, 7) is 8.84. The Morgan fingerprint density at radius 1 is 1.03 bits per heavy atom. The van der Waals surface area contributed by atoms with E-state index in [2.05, 4.69) is 17.1 Å². The Hall–Kier alpha value is -4.59. The van der Waals surface area contributed by atoms with Gasteiger partial charge in [-0.3, -0.25) is 4.79 Å². The monoisotopic (exact) mass is 516 g/mol. The molecule has 4 aromatic rings. The van der Waals surface area contributed by atoms with E-state index in [1.807, 2.05) is 26.0 Å². The highest BCUT2D eigenvalue weighted by Crippen LogP contribution is 2.34. The number of carbonyl (C=O) groups excluding carboxylic acids is 1. The van der Waals surface area contributed by atoms with Crippen molar-refractivity contribution in [1.82, 2.24) is 5.43 Å². The highest BCUT2D eigenvalue weighted by molar-refractivity contribution is 5.96. The molecule has 0 radical (unpaired) electrons. The zero-order chi connectivity index (χ0) is 26.9. The molecule has 196 valence electrons. The van der Waals surface area contributed by atoms with Crippen LogP contribution in [0.1, 0.15) is 41.1 Å². The molecule has 0 aliphatic rings. The van der Waals surface area contributed by atoms with Crippen LogP contribution in [-0.2, 0) is 13.0 Å². The van der Waals surface area contributed by atoms with E-state index >= 15 is 0 Å². The van der Waals surface area contributed by atoms with Gasteiger partial charge in [-0.2, -0.15) is 5.10 Å². The molecule has 0 unspecified atom stereocenters. The molecular formula is C30H29FN2O5. The number of hydrogen-bond donors (Lipinski definition) is 1. The van der Waals surface area contributed by atoms with Gasteiger partial charge in [0.2, 0.25) is 0 Å². The summed E-state index contributed by atoms with van der Waals surface area (Å²) in [5, 5.41) is 4.86. The molecule has 1 N–H and O–H groups in total. The van der Waals surface area contributed by atoms with Crippen molar-refractivity contribution in [1.29, 1.82) is 0 Å². The zero-order valence-electron chi connectivity index (χ0n) is 21.3. The average molecular weight is 517 g/mol. The molecule has 0 aliphatic heterocycles. The van der Waals surface area contributed by atoms with Gasteiger partial charge in [0, 0.05) is 10.9 Å². The molecule has 1 aromatic heterocycles. The fourth-order valence-corrected chi connectivity index (χ4v) is 3.84. The molecule has 38 heavy (non-hydrogen) atoms. The van der Waals surface area contributed by atoms with Crippen LogP contribution in [-0.4, -0.2) is 25.3 Å². The maximum absolute atomic E-state index is 13.2. The quantitative estimate of drug-likeness (QED) is 0.133. The van der Waals surface area contributed by atoms with Crippen molar-refractivity contribution in [3.63, 3.8) is 0 Å². The molecule has 7 nitrogen and oxygen atoms in total. The minimum absolute atomic E-state index is 0.137. The normalized spacial score (nSPS) is 11.0. The summed E-state index contributed by atoms with van der Waals surface area (Å²) >= 11 is 0. The van der Waals surface area contributed by atoms with Crippen LogP contribution < -0.4 is 19.6 Å². The number of hydrogen-bond acceptors (Lipinski definition) is 6. The molecule has 4 rings (SSSR count). The van der Waals surface area contributed by atoms with Crippen molar-refractivity contribution in [3.05, 3.63) is 102 Å². The van der Waals surface area contributed by atoms with Gasteiger partial charge in [-0.1, -0.05) is 18.2 Å². The lowest BCUT2D eigenvalue weighted by molar-refractivity contribution is 0.0929. The smallest absolute Gasteiger partial charge is 0.307 e. The largest absolute Gasteiger partial charge is 0.494 e. The Balaban J connectivity index is 1.50. The van der Waals surface area contributed by atoms with E-state index in [4.69, 9.17) is 18.6 Å². The first-order valence-corrected chi connectivity index (χ1v) is 12.3. The molecule has 1 amide bonds. The Labute approximate surface area is 220 Å². The van der Waals surface area contributed by atoms with Gasteiger partial charge in [-0.05, 0) is 79.9 Å². The van der Waals surface area contributed by atoms with Gasteiger partial charge in [0.1, 0.15) is 23.8 Å². The lowest BCUT2D eigenvalue weighted by Crippen LogP contribution is -2.16. The minimum Gasteiger partial charge on any atom is -0.494 e. The molecule has 8 heteroatoms. The van der Waals surface area contributed by atoms with Crippen molar-refractivity contribution in [2.24, 2.45) is 5.10 Å². The molecule has 0 fully saturated rings. The molecule has 3 aromatic carbocycles. The summed E-state index contributed by atoms with van der Waals surface area (Å²) in [5.74, 6) is 1.16. The van der Waals surface area contributed by atoms with Crippen LogP contribution >= 0.6 is 0 Å². The van der Waals surface area contributed by atoms with Crippen LogP contribution in [0.25, 0.3) is 11.0 Å². The predicted octanol–water partition coefficient (Wildman–Crippen LogP) is 6.44. The van der Waals surface area contributed by atoms with Crippen LogP contribution in [0.2, 0.25) is 0 Å². The summed E-state index contributed by atoms with van der Waals surface area (Å²) in [6, 6.07) is 16.8. The number of nitrogens with one attached hydrogen (secondary N) is 1. The lowest BCUT2D eigenvalue weighted by Gasteiger charge is -2.17. The Kier molecular flexibility index (Phi) is 8.77. The number of amides is 1. The second kappa shape index (κ2) is 12.6. The van der Waals surface area contributed by atoms with Crippen molar-refractivity contribution >= 4 is 23.1 Å². The maximum atomic E-state index is 13.2. The van der Waals surface area contributed by atoms with Crippen LogP contribution in [0.4, 0.5) is 4.39 Å². The minimum atomic E-state index is -0.481. The number of ether oxygens (including phenoxy) is 3. The van der Waals surface area contributed by atoms with E-state index in [-0.39, 0.29) is 18.2 Å². The van der Waals surface area contributed by atoms with E-state index in [1.54, 1.807) is 42.5 Å². The van der Waals surface area contributed by atoms with Crippen LogP contribution in [0.3, 0.4) is 0 Å². The van der Waals surface area contributed by atoms with Gasteiger partial charge in [-0.25, -0.2) is 9.82 Å². The second-order valence-corrected chi connectivity index (χ2v) is 8.29. The summed E-state index contributed by atoms with van der Waals surface area (Å²) in [6.07, 6.45) is 3.80. The van der Waals surface area contributed by atoms with Gasteiger partial charge < -0.3 is 18.6 Å². The highest BCUT2D eigenvalue weighted by Gasteiger charge is 2.15. The van der Waals surface area contributed by atoms with Crippen molar-refractivity contribution < 1.29 is 27.8 Å². The maximum Gasteiger partial charge on any atom is 0.307 e. The molecule has 1 heterocycles. The Morgan fingerprint density at radius 3 is 2.55 bits per heavy atom. The molecule has 0 bridgehead atoms. The third kappa shape index (κ3) is 6.59. The SMILES string of the molecule is C=CCc1cc(/C=N/NC(=O)c2cc3cc(OCC)ccc3o2)cc(OCC)c1OCc1ccc(F)cc1. The molecular weight excluding hydrogens is 487 g/mol. The highest BCUT2D eigenvalue weighted by atomic mass is 19.1. The van der Waals surface area contributed by atoms with E-state index in [0.29, 0.717) is 48.0 Å². The summed E-state index contributed by atoms with van der Waals surface area (Å²) in [4.78, 5) is 12.6. The number of benzene rings is 3. The van der Waals surface area contributed by atoms with Crippen LogP contribution in [0.5, 0.6) is 17.2 Å². The molecule has 0 saturated heterocycles. The fraction of sp³-hybridized carbons (Fsp3) is 0.200. The number of fused-ring (bicyclic) bond motifs is 1. The lowest BCUT2D eigenvalue weighted by atomic mass is 10.1. The first-order valence-electron chi connectivity index (χ1n) is 12.3. The van der Waals surface area contributed by atoms with E-state index < -0.39 is 5.91 Å². The number of allylic oxidation sites excluding steroid dienone is 1. The van der Waals surface area contributed by atoms with Gasteiger partial charge in [0.15, 0.2) is 17.3 Å². The van der Waals surface area contributed by atoms with Gasteiger partial charge >= 0.3 is 5.91 Å². The summed E-state index contributed by atoms with van der Waals surface area (Å²) < 4.78 is 36.3. The van der Waals surface area contributed by atoms with Crippen LogP contribution in [0, 0.1) is 5.82 Å². The molecule has 0 saturated carbocycles. The number of nitrogens with zero attached hydrogens (tertiary/aromatic N) is 1. The van der Waals surface area contributed by atoms with Crippen LogP contribution in [0.15, 0.2) is 82.8 Å². The van der Waals surface area contributed by atoms with E-state index in [0.717, 1.165) is 16.5 Å². The third-order valence-corrected chi connectivity index (χ3v) is 5.52. The first kappa shape index (κ1) is 26.5. The first-order chi connectivity index (χ1) is 18.5. The van der Waals surface area contributed by atoms with Crippen molar-refractivity contribution in [3.8, 4) is 17.2 Å². The zero-order valence-corrected chi connectivity index (χ0v) is 21.3. The van der Waals surface area contributed by atoms with Crippen molar-refractivity contribution in [2.45, 2.75) is 26.9 Å². The van der Waals surface area contributed by atoms with Gasteiger partial charge in [0.25, 0.3) is 0 Å². The van der Waals surface area contributed by atoms with E-state index in [1.165, 1.54) is 18.3 Å². The number of hydrazone groups is 1. The number of furan rings is 1. The second-order valence-electron chi connectivity index (χ2n) is 8.29. The number of rotatable bonds is 12. The van der Waals surface area contributed by atoms with Gasteiger partial charge in [-0.15, -0.1) is 6.58 Å². The predicted molar refractivity (Wildman–Crippen MR) is 145 cm³/mol. The number of carbonyl (C=O) groups is 1. The third-order valence-electron chi connectivity index (χ3n) is 5.52. The number of halogens is 1. The standard InChI is InChI=1S/C30H29FN2O5/c1-4-7-22-14-21(15-27(36-6-3)29(22)37-19-20-8-10-24(31)11-9-20)18-32-33-30(34)28-17-23-16-25(35-5-2)12-13-26(23)38-28/h4,8-18H,1,5-7,19H2,2-3H3,(H,33,34)/b32-18+. The van der Waals surface area contributed by atoms with E-state index in [9.17, 15) is 9.18 Å². The Morgan fingerprint density at radius 2 is 1.82 bits per heavy atom. The Bertz CT molecular complexity index is 1440. The topological polar surface area (TPSA) is 82.3 Å². The molecule has 0 aliphatic carbocycles. The molecule has 0 spiro atoms. The summed E-state index contributed by atoms with van der Waals surface area (Å²) in [5.41, 5.74) is 5.44. The average Bonchev–Trinajstić information content (AvgIpc) is 3.33.